The zero-order valence-electron chi connectivity index (χ0n) is 5.79. The lowest BCUT2D eigenvalue weighted by atomic mass is 10.1. The van der Waals surface area contributed by atoms with Gasteiger partial charge in [0.2, 0.25) is 0 Å². The van der Waals surface area contributed by atoms with Crippen LogP contribution in [-0.4, -0.2) is 4.86 Å². The van der Waals surface area contributed by atoms with Crippen molar-refractivity contribution in [3.05, 3.63) is 42.3 Å². The van der Waals surface area contributed by atoms with Crippen LogP contribution in [0.4, 0.5) is 0 Å². The zero-order chi connectivity index (χ0) is 7.56. The largest absolute Gasteiger partial charge is 0.0846 e. The van der Waals surface area contributed by atoms with Gasteiger partial charge in [-0.25, -0.2) is 0 Å². The molecule has 1 heteroatoms. The minimum absolute atomic E-state index is 0.778. The molecule has 0 N–H and O–H groups in total. The predicted octanol–water partition coefficient (Wildman–Crippen LogP) is 2.48. The highest BCUT2D eigenvalue weighted by atomic mass is 32.1. The highest BCUT2D eigenvalue weighted by Gasteiger charge is 1.91. The summed E-state index contributed by atoms with van der Waals surface area (Å²) >= 11 is 4.96. The first-order valence-electron chi connectivity index (χ1n) is 3.06. The van der Waals surface area contributed by atoms with Crippen molar-refractivity contribution in [2.45, 2.75) is 6.92 Å². The molecule has 0 spiro atoms. The van der Waals surface area contributed by atoms with Gasteiger partial charge in [0.05, 0.1) is 0 Å². The Kier molecular flexibility index (Phi) is 2.17. The first-order chi connectivity index (χ1) is 4.70. The fourth-order valence-corrected chi connectivity index (χ4v) is 0.854. The monoisotopic (exact) mass is 148 g/mol. The van der Waals surface area contributed by atoms with Gasteiger partial charge in [-0.2, -0.15) is 0 Å². The summed E-state index contributed by atoms with van der Waals surface area (Å²) in [5.74, 6) is 0. The van der Waals surface area contributed by atoms with Crippen molar-refractivity contribution < 1.29 is 0 Å². The molecule has 0 amide bonds. The smallest absolute Gasteiger partial charge is 0.0193 e. The van der Waals surface area contributed by atoms with Crippen LogP contribution in [0, 0.1) is 6.92 Å². The van der Waals surface area contributed by atoms with Gasteiger partial charge in [-0.15, -0.1) is 0 Å². The van der Waals surface area contributed by atoms with Crippen LogP contribution in [-0.2, 0) is 0 Å². The van der Waals surface area contributed by atoms with E-state index in [0.717, 1.165) is 16.0 Å². The van der Waals surface area contributed by atoms with E-state index >= 15 is 0 Å². The van der Waals surface area contributed by atoms with Gasteiger partial charge >= 0.3 is 0 Å². The number of rotatable bonds is 1. The van der Waals surface area contributed by atoms with E-state index in [2.05, 4.69) is 0 Å². The van der Waals surface area contributed by atoms with E-state index in [1.165, 1.54) is 0 Å². The van der Waals surface area contributed by atoms with Gasteiger partial charge in [0, 0.05) is 4.86 Å². The maximum absolute atomic E-state index is 5.48. The molecule has 0 saturated carbocycles. The molecule has 1 aromatic carbocycles. The molecule has 0 atom stereocenters. The summed E-state index contributed by atoms with van der Waals surface area (Å²) in [6.45, 7) is 7.39. The molecule has 0 bridgehead atoms. The van der Waals surface area contributed by atoms with Crippen LogP contribution in [0.5, 0.6) is 0 Å². The van der Waals surface area contributed by atoms with Crippen molar-refractivity contribution in [1.29, 1.82) is 0 Å². The van der Waals surface area contributed by atoms with Crippen molar-refractivity contribution in [2.24, 2.45) is 0 Å². The van der Waals surface area contributed by atoms with Crippen molar-refractivity contribution in [3.8, 4) is 0 Å². The molecule has 1 rings (SSSR count). The lowest BCUT2D eigenvalue weighted by molar-refractivity contribution is 1.58. The standard InChI is InChI=1S/C9H8S/c1-7-3-5-9(6-4-7)8(2)10/h1,3-6H,2H3. The quantitative estimate of drug-likeness (QED) is 0.435. The fraction of sp³-hybridized carbons (Fsp3) is 0.111. The van der Waals surface area contributed by atoms with Crippen LogP contribution < -0.4 is 0 Å². The maximum atomic E-state index is 5.48. The summed E-state index contributed by atoms with van der Waals surface area (Å²) in [6.07, 6.45) is 0. The summed E-state index contributed by atoms with van der Waals surface area (Å²) in [6, 6.07) is 7.56. The van der Waals surface area contributed by atoms with Gasteiger partial charge in [0.1, 0.15) is 0 Å². The highest BCUT2D eigenvalue weighted by Crippen LogP contribution is 2.03. The summed E-state index contributed by atoms with van der Waals surface area (Å²) < 4.78 is 0. The van der Waals surface area contributed by atoms with Crippen molar-refractivity contribution in [2.75, 3.05) is 0 Å². The second kappa shape index (κ2) is 2.93. The van der Waals surface area contributed by atoms with Crippen LogP contribution in [0.2, 0.25) is 0 Å². The van der Waals surface area contributed by atoms with E-state index in [0.29, 0.717) is 0 Å². The molecule has 0 aliphatic heterocycles. The zero-order valence-corrected chi connectivity index (χ0v) is 6.61. The lowest BCUT2D eigenvalue weighted by Crippen LogP contribution is -1.88. The van der Waals surface area contributed by atoms with Crippen molar-refractivity contribution in [1.82, 2.24) is 0 Å². The van der Waals surface area contributed by atoms with E-state index < -0.39 is 0 Å². The van der Waals surface area contributed by atoms with Gasteiger partial charge in [0.25, 0.3) is 0 Å². The second-order valence-electron chi connectivity index (χ2n) is 2.18. The summed E-state index contributed by atoms with van der Waals surface area (Å²) in [7, 11) is 0. The number of hydrogen-bond donors (Lipinski definition) is 0. The molecular weight excluding hydrogens is 140 g/mol. The Bertz CT molecular complexity index is 233. The van der Waals surface area contributed by atoms with Gasteiger partial charge < -0.3 is 0 Å². The molecule has 0 saturated heterocycles. The molecule has 0 aromatic heterocycles. The average Bonchev–Trinajstić information content (AvgIpc) is 1.88. The predicted molar refractivity (Wildman–Crippen MR) is 47.2 cm³/mol. The SMILES string of the molecule is [CH]c1ccc(C(C)=S)cc1. The maximum Gasteiger partial charge on any atom is 0.0193 e. The Balaban J connectivity index is 3.00. The minimum atomic E-state index is 0.778. The normalized spacial score (nSPS) is 9.40. The van der Waals surface area contributed by atoms with Gasteiger partial charge in [0.15, 0.2) is 0 Å². The van der Waals surface area contributed by atoms with Crippen LogP contribution in [0.1, 0.15) is 18.1 Å². The van der Waals surface area contributed by atoms with Gasteiger partial charge in [-0.1, -0.05) is 36.5 Å². The Labute approximate surface area is 66.9 Å². The van der Waals surface area contributed by atoms with E-state index in [4.69, 9.17) is 19.1 Å². The number of hydrogen-bond acceptors (Lipinski definition) is 1. The Morgan fingerprint density at radius 2 is 1.80 bits per heavy atom. The van der Waals surface area contributed by atoms with E-state index in [1.54, 1.807) is 0 Å². The molecule has 0 aliphatic carbocycles. The number of thiocarbonyl (C=S) groups is 1. The molecule has 1 aromatic rings. The van der Waals surface area contributed by atoms with Crippen LogP contribution in [0.3, 0.4) is 0 Å². The third-order valence-corrected chi connectivity index (χ3v) is 1.55. The van der Waals surface area contributed by atoms with Crippen molar-refractivity contribution in [3.63, 3.8) is 0 Å². The summed E-state index contributed by atoms with van der Waals surface area (Å²) in [5, 5.41) is 0. The molecule has 2 radical (unpaired) electrons. The summed E-state index contributed by atoms with van der Waals surface area (Å²) in [4.78, 5) is 0.903. The molecule has 0 aliphatic rings. The first-order valence-corrected chi connectivity index (χ1v) is 3.47. The molecule has 50 valence electrons. The third kappa shape index (κ3) is 1.64. The lowest BCUT2D eigenvalue weighted by Gasteiger charge is -1.96. The van der Waals surface area contributed by atoms with E-state index in [9.17, 15) is 0 Å². The van der Waals surface area contributed by atoms with Crippen LogP contribution in [0.15, 0.2) is 24.3 Å². The molecule has 0 unspecified atom stereocenters. The molecule has 10 heavy (non-hydrogen) atoms. The topological polar surface area (TPSA) is 0 Å². The number of benzene rings is 1. The molecule has 0 heterocycles. The molecule has 0 nitrogen and oxygen atoms in total. The Hall–Kier alpha value is -0.690. The van der Waals surface area contributed by atoms with E-state index in [1.807, 2.05) is 31.2 Å². The highest BCUT2D eigenvalue weighted by molar-refractivity contribution is 7.80. The minimum Gasteiger partial charge on any atom is -0.0846 e. The second-order valence-corrected chi connectivity index (χ2v) is 2.79. The Morgan fingerprint density at radius 3 is 2.20 bits per heavy atom. The first kappa shape index (κ1) is 7.42. The molecule has 0 fully saturated rings. The average molecular weight is 148 g/mol. The van der Waals surface area contributed by atoms with Crippen molar-refractivity contribution >= 4 is 17.1 Å². The van der Waals surface area contributed by atoms with Crippen LogP contribution >= 0.6 is 12.2 Å². The van der Waals surface area contributed by atoms with Gasteiger partial charge in [-0.3, -0.25) is 0 Å². The summed E-state index contributed by atoms with van der Waals surface area (Å²) in [5.41, 5.74) is 1.85. The fourth-order valence-electron chi connectivity index (χ4n) is 0.718. The van der Waals surface area contributed by atoms with Crippen LogP contribution in [0.25, 0.3) is 0 Å². The van der Waals surface area contributed by atoms with E-state index in [-0.39, 0.29) is 0 Å². The Morgan fingerprint density at radius 1 is 1.30 bits per heavy atom. The molecular formula is C9H8S. The van der Waals surface area contributed by atoms with Gasteiger partial charge in [-0.05, 0) is 25.0 Å². The third-order valence-electron chi connectivity index (χ3n) is 1.32.